The smallest absolute Gasteiger partial charge is 0.238 e. The summed E-state index contributed by atoms with van der Waals surface area (Å²) in [5.74, 6) is 1.13. The highest BCUT2D eigenvalue weighted by Crippen LogP contribution is 2.40. The summed E-state index contributed by atoms with van der Waals surface area (Å²) in [6.07, 6.45) is 0. The Balaban J connectivity index is 1.29. The molecule has 0 N–H and O–H groups in total. The van der Waals surface area contributed by atoms with Crippen LogP contribution in [0.2, 0.25) is 0 Å². The number of rotatable bonds is 5. The molecule has 0 fully saturated rings. The van der Waals surface area contributed by atoms with Gasteiger partial charge >= 0.3 is 0 Å². The van der Waals surface area contributed by atoms with Crippen LogP contribution in [-0.4, -0.2) is 24.1 Å². The summed E-state index contributed by atoms with van der Waals surface area (Å²) in [5.41, 5.74) is 6.88. The molecule has 10 rings (SSSR count). The Morgan fingerprint density at radius 1 is 0.400 bits per heavy atom. The number of hydrogen-bond acceptors (Lipinski definition) is 3. The molecule has 7 aromatic carbocycles. The van der Waals surface area contributed by atoms with Gasteiger partial charge in [0.05, 0.1) is 28.9 Å². The summed E-state index contributed by atoms with van der Waals surface area (Å²) in [7, 11) is 0. The third-order valence-corrected chi connectivity index (χ3v) is 9.27. The van der Waals surface area contributed by atoms with E-state index in [1.54, 1.807) is 12.1 Å². The van der Waals surface area contributed by atoms with Gasteiger partial charge in [-0.05, 0) is 47.5 Å². The van der Waals surface area contributed by atoms with E-state index in [4.69, 9.17) is 21.8 Å². The minimum atomic E-state index is -0.447. The van der Waals surface area contributed by atoms with Gasteiger partial charge in [-0.3, -0.25) is 4.57 Å². The molecule has 0 aliphatic carbocycles. The van der Waals surface area contributed by atoms with E-state index < -0.39 is 18.1 Å². The van der Waals surface area contributed by atoms with Gasteiger partial charge in [-0.1, -0.05) is 139 Å². The predicted molar refractivity (Wildman–Crippen MR) is 205 cm³/mol. The molecule has 50 heavy (non-hydrogen) atoms. The van der Waals surface area contributed by atoms with E-state index in [1.807, 2.05) is 60.7 Å². The fourth-order valence-corrected chi connectivity index (χ4v) is 7.08. The molecular formula is C45H29N5. The quantitative estimate of drug-likeness (QED) is 0.187. The van der Waals surface area contributed by atoms with Gasteiger partial charge < -0.3 is 4.57 Å². The Bertz CT molecular complexity index is 3130. The minimum absolute atomic E-state index is 0.0823. The molecule has 0 saturated carbocycles. The zero-order valence-electron chi connectivity index (χ0n) is 31.6. The van der Waals surface area contributed by atoms with Gasteiger partial charge in [0, 0.05) is 38.4 Å². The van der Waals surface area contributed by atoms with Crippen LogP contribution in [0.3, 0.4) is 0 Å². The molecule has 0 spiro atoms. The Morgan fingerprint density at radius 3 is 1.64 bits per heavy atom. The van der Waals surface area contributed by atoms with E-state index in [2.05, 4.69) is 81.9 Å². The zero-order valence-corrected chi connectivity index (χ0v) is 26.6. The fraction of sp³-hybridized carbons (Fsp3) is 0. The van der Waals surface area contributed by atoms with E-state index in [1.165, 1.54) is 0 Å². The van der Waals surface area contributed by atoms with Crippen molar-refractivity contribution in [3.8, 4) is 45.5 Å². The van der Waals surface area contributed by atoms with E-state index in [9.17, 15) is 0 Å². The average Bonchev–Trinajstić information content (AvgIpc) is 3.74. The fourth-order valence-electron chi connectivity index (χ4n) is 7.08. The number of aromatic nitrogens is 5. The Hall–Kier alpha value is -6.85. The van der Waals surface area contributed by atoms with Crippen molar-refractivity contribution in [2.45, 2.75) is 0 Å². The van der Waals surface area contributed by atoms with Crippen molar-refractivity contribution >= 4 is 43.6 Å². The van der Waals surface area contributed by atoms with Crippen molar-refractivity contribution in [1.82, 2.24) is 24.1 Å². The number of nitrogens with zero attached hydrogens (tertiary/aromatic N) is 5. The van der Waals surface area contributed by atoms with Crippen LogP contribution in [0.4, 0.5) is 0 Å². The summed E-state index contributed by atoms with van der Waals surface area (Å²) in [5, 5.41) is 4.27. The largest absolute Gasteiger partial charge is 0.309 e. The second-order valence-corrected chi connectivity index (χ2v) is 12.1. The molecule has 0 aliphatic rings. The normalized spacial score (nSPS) is 13.0. The van der Waals surface area contributed by atoms with Crippen LogP contribution < -0.4 is 0 Å². The van der Waals surface area contributed by atoms with Crippen molar-refractivity contribution in [2.24, 2.45) is 0 Å². The van der Waals surface area contributed by atoms with Crippen LogP contribution in [0.5, 0.6) is 0 Å². The summed E-state index contributed by atoms with van der Waals surface area (Å²) in [4.78, 5) is 15.3. The molecule has 0 aliphatic heterocycles. The van der Waals surface area contributed by atoms with Crippen molar-refractivity contribution in [1.29, 1.82) is 0 Å². The second-order valence-electron chi connectivity index (χ2n) is 12.1. The van der Waals surface area contributed by atoms with Gasteiger partial charge in [0.15, 0.2) is 11.6 Å². The lowest BCUT2D eigenvalue weighted by atomic mass is 9.99. The first-order valence-corrected chi connectivity index (χ1v) is 16.4. The maximum absolute atomic E-state index is 8.79. The Kier molecular flexibility index (Phi) is 5.35. The zero-order chi connectivity index (χ0) is 37.4. The molecule has 0 saturated heterocycles. The van der Waals surface area contributed by atoms with E-state index in [-0.39, 0.29) is 17.6 Å². The van der Waals surface area contributed by atoms with Crippen LogP contribution in [0, 0.1) is 0 Å². The van der Waals surface area contributed by atoms with E-state index in [0.717, 1.165) is 54.9 Å². The maximum Gasteiger partial charge on any atom is 0.238 e. The lowest BCUT2D eigenvalue weighted by Gasteiger charge is -2.13. The number of fused-ring (bicyclic) bond motifs is 6. The SMILES string of the molecule is [2H]c1c([2H])c([2H])c(-c2ccccc2-c2nc(-c3ccccc3)nc(-n3c4ccccc4c4cc5c(cc43)c3ccccc3n5-c3ccccc3)n2)c([2H])c1[2H]. The molecule has 5 heteroatoms. The lowest BCUT2D eigenvalue weighted by molar-refractivity contribution is 0.954. The van der Waals surface area contributed by atoms with Gasteiger partial charge in [-0.25, -0.2) is 4.98 Å². The van der Waals surface area contributed by atoms with Gasteiger partial charge in [-0.15, -0.1) is 0 Å². The van der Waals surface area contributed by atoms with E-state index in [0.29, 0.717) is 28.7 Å². The molecule has 3 aromatic heterocycles. The summed E-state index contributed by atoms with van der Waals surface area (Å²) in [6, 6.07) is 46.5. The summed E-state index contributed by atoms with van der Waals surface area (Å²) >= 11 is 0. The molecular weight excluding hydrogens is 611 g/mol. The van der Waals surface area contributed by atoms with Crippen LogP contribution in [0.15, 0.2) is 176 Å². The van der Waals surface area contributed by atoms with Gasteiger partial charge in [0.1, 0.15) is 0 Å². The molecule has 0 radical (unpaired) electrons. The van der Waals surface area contributed by atoms with E-state index >= 15 is 0 Å². The first-order valence-electron chi connectivity index (χ1n) is 18.9. The summed E-state index contributed by atoms with van der Waals surface area (Å²) in [6.45, 7) is 0. The first kappa shape index (κ1) is 23.5. The molecule has 3 heterocycles. The molecule has 0 amide bonds. The predicted octanol–water partition coefficient (Wildman–Crippen LogP) is 11.1. The van der Waals surface area contributed by atoms with Crippen molar-refractivity contribution in [2.75, 3.05) is 0 Å². The second kappa shape index (κ2) is 11.4. The molecule has 0 atom stereocenters. The molecule has 5 nitrogen and oxygen atoms in total. The lowest BCUT2D eigenvalue weighted by Crippen LogP contribution is -2.06. The first-order chi connectivity index (χ1) is 26.9. The van der Waals surface area contributed by atoms with Crippen LogP contribution in [0.1, 0.15) is 6.85 Å². The Labute approximate surface area is 295 Å². The van der Waals surface area contributed by atoms with Crippen LogP contribution >= 0.6 is 0 Å². The van der Waals surface area contributed by atoms with Crippen molar-refractivity contribution in [3.05, 3.63) is 176 Å². The third kappa shape index (κ3) is 4.45. The van der Waals surface area contributed by atoms with Crippen molar-refractivity contribution < 1.29 is 6.85 Å². The maximum atomic E-state index is 8.79. The molecule has 10 aromatic rings. The monoisotopic (exact) mass is 644 g/mol. The Morgan fingerprint density at radius 2 is 0.940 bits per heavy atom. The highest BCUT2D eigenvalue weighted by Gasteiger charge is 2.21. The number of hydrogen-bond donors (Lipinski definition) is 0. The molecule has 0 bridgehead atoms. The van der Waals surface area contributed by atoms with Crippen molar-refractivity contribution in [3.63, 3.8) is 0 Å². The third-order valence-electron chi connectivity index (χ3n) is 9.27. The average molecular weight is 645 g/mol. The molecule has 0 unspecified atom stereocenters. The molecule has 234 valence electrons. The van der Waals surface area contributed by atoms with Crippen LogP contribution in [-0.2, 0) is 0 Å². The van der Waals surface area contributed by atoms with Gasteiger partial charge in [0.2, 0.25) is 5.95 Å². The highest BCUT2D eigenvalue weighted by atomic mass is 15.2. The topological polar surface area (TPSA) is 48.5 Å². The standard InChI is InChI=1S/C45H29N5/c1-4-16-30(17-5-1)33-22-10-11-25-36(33)44-46-43(31-18-6-2-7-19-31)47-45(48-44)50-40-27-15-13-24-35(40)38-28-41-37(29-42(38)50)34-23-12-14-26-39(34)49(41)32-20-8-3-9-21-32/h1-29H/i1D,4D,5D,16D,17D. The van der Waals surface area contributed by atoms with Gasteiger partial charge in [0.25, 0.3) is 0 Å². The number of para-hydroxylation sites is 3. The number of benzene rings is 7. The van der Waals surface area contributed by atoms with Gasteiger partial charge in [-0.2, -0.15) is 9.97 Å². The summed E-state index contributed by atoms with van der Waals surface area (Å²) < 4.78 is 46.9. The minimum Gasteiger partial charge on any atom is -0.309 e. The highest BCUT2D eigenvalue weighted by molar-refractivity contribution is 6.18. The van der Waals surface area contributed by atoms with Crippen LogP contribution in [0.25, 0.3) is 89.2 Å².